The SMILES string of the molecule is CCC(N)CCCN(CC)CC1CCC1. The third-order valence-corrected chi connectivity index (χ3v) is 3.76. The van der Waals surface area contributed by atoms with Crippen LogP contribution in [0.25, 0.3) is 0 Å². The highest BCUT2D eigenvalue weighted by molar-refractivity contribution is 4.73. The van der Waals surface area contributed by atoms with Crippen molar-refractivity contribution < 1.29 is 0 Å². The second kappa shape index (κ2) is 7.24. The molecule has 1 rings (SSSR count). The molecule has 1 saturated carbocycles. The van der Waals surface area contributed by atoms with Crippen molar-refractivity contribution in [2.45, 2.75) is 58.4 Å². The smallest absolute Gasteiger partial charge is 0.00366 e. The molecule has 2 nitrogen and oxygen atoms in total. The van der Waals surface area contributed by atoms with Crippen molar-refractivity contribution in [3.8, 4) is 0 Å². The van der Waals surface area contributed by atoms with Crippen molar-refractivity contribution in [3.63, 3.8) is 0 Å². The standard InChI is InChI=1S/C13H28N2/c1-3-13(14)9-6-10-15(4-2)11-12-7-5-8-12/h12-13H,3-11,14H2,1-2H3. The largest absolute Gasteiger partial charge is 0.328 e. The van der Waals surface area contributed by atoms with Crippen molar-refractivity contribution in [3.05, 3.63) is 0 Å². The molecule has 15 heavy (non-hydrogen) atoms. The molecule has 0 aromatic rings. The average Bonchev–Trinajstić information content (AvgIpc) is 2.20. The Morgan fingerprint density at radius 2 is 2.07 bits per heavy atom. The van der Waals surface area contributed by atoms with Crippen LogP contribution in [0.2, 0.25) is 0 Å². The summed E-state index contributed by atoms with van der Waals surface area (Å²) in [5.74, 6) is 1.00. The highest BCUT2D eigenvalue weighted by Crippen LogP contribution is 2.27. The maximum Gasteiger partial charge on any atom is 0.00366 e. The number of nitrogens with two attached hydrogens (primary N) is 1. The van der Waals surface area contributed by atoms with Crippen molar-refractivity contribution in [1.82, 2.24) is 4.90 Å². The molecule has 0 saturated heterocycles. The molecule has 1 atom stereocenters. The van der Waals surface area contributed by atoms with Gasteiger partial charge >= 0.3 is 0 Å². The minimum absolute atomic E-state index is 0.424. The predicted octanol–water partition coefficient (Wildman–Crippen LogP) is 2.63. The summed E-state index contributed by atoms with van der Waals surface area (Å²) in [7, 11) is 0. The minimum atomic E-state index is 0.424. The van der Waals surface area contributed by atoms with E-state index in [-0.39, 0.29) is 0 Å². The van der Waals surface area contributed by atoms with Gasteiger partial charge in [-0.25, -0.2) is 0 Å². The Labute approximate surface area is 95.2 Å². The number of rotatable bonds is 8. The van der Waals surface area contributed by atoms with Crippen molar-refractivity contribution in [2.24, 2.45) is 11.7 Å². The zero-order valence-corrected chi connectivity index (χ0v) is 10.5. The Morgan fingerprint density at radius 3 is 2.53 bits per heavy atom. The van der Waals surface area contributed by atoms with Gasteiger partial charge in [0.05, 0.1) is 0 Å². The lowest BCUT2D eigenvalue weighted by Crippen LogP contribution is -2.33. The summed E-state index contributed by atoms with van der Waals surface area (Å²) in [6, 6.07) is 0.424. The molecule has 1 aliphatic rings. The molecule has 90 valence electrons. The Bertz CT molecular complexity index is 155. The predicted molar refractivity (Wildman–Crippen MR) is 67.0 cm³/mol. The molecule has 0 aliphatic heterocycles. The third kappa shape index (κ3) is 4.98. The maximum atomic E-state index is 5.92. The molecule has 1 fully saturated rings. The van der Waals surface area contributed by atoms with Gasteiger partial charge in [0, 0.05) is 12.6 Å². The zero-order valence-electron chi connectivity index (χ0n) is 10.5. The fraction of sp³-hybridized carbons (Fsp3) is 1.00. The van der Waals surface area contributed by atoms with Crippen LogP contribution in [0.3, 0.4) is 0 Å². The van der Waals surface area contributed by atoms with Gasteiger partial charge in [0.25, 0.3) is 0 Å². The number of hydrogen-bond donors (Lipinski definition) is 1. The number of nitrogens with zero attached hydrogens (tertiary/aromatic N) is 1. The van der Waals surface area contributed by atoms with Gasteiger partial charge in [-0.3, -0.25) is 0 Å². The van der Waals surface area contributed by atoms with Crippen LogP contribution in [-0.2, 0) is 0 Å². The molecule has 0 radical (unpaired) electrons. The molecule has 2 N–H and O–H groups in total. The van der Waals surface area contributed by atoms with Crippen molar-refractivity contribution in [2.75, 3.05) is 19.6 Å². The van der Waals surface area contributed by atoms with Gasteiger partial charge in [0.2, 0.25) is 0 Å². The topological polar surface area (TPSA) is 29.3 Å². The summed E-state index contributed by atoms with van der Waals surface area (Å²) < 4.78 is 0. The summed E-state index contributed by atoms with van der Waals surface area (Å²) in [6.07, 6.45) is 7.97. The van der Waals surface area contributed by atoms with E-state index in [1.165, 1.54) is 51.7 Å². The van der Waals surface area contributed by atoms with Crippen LogP contribution >= 0.6 is 0 Å². The maximum absolute atomic E-state index is 5.92. The Morgan fingerprint density at radius 1 is 1.33 bits per heavy atom. The highest BCUT2D eigenvalue weighted by Gasteiger charge is 2.19. The van der Waals surface area contributed by atoms with Crippen LogP contribution in [0.4, 0.5) is 0 Å². The van der Waals surface area contributed by atoms with Gasteiger partial charge in [-0.2, -0.15) is 0 Å². The van der Waals surface area contributed by atoms with Gasteiger partial charge in [-0.1, -0.05) is 20.3 Å². The highest BCUT2D eigenvalue weighted by atomic mass is 15.1. The molecular formula is C13H28N2. The third-order valence-electron chi connectivity index (χ3n) is 3.76. The van der Waals surface area contributed by atoms with Gasteiger partial charge in [0.15, 0.2) is 0 Å². The second-order valence-electron chi connectivity index (χ2n) is 5.00. The summed E-state index contributed by atoms with van der Waals surface area (Å²) in [6.45, 7) is 8.24. The first-order chi connectivity index (χ1) is 7.26. The molecular weight excluding hydrogens is 184 g/mol. The van der Waals surface area contributed by atoms with E-state index in [1.807, 2.05) is 0 Å². The molecule has 1 unspecified atom stereocenters. The van der Waals surface area contributed by atoms with E-state index >= 15 is 0 Å². The first-order valence-corrected chi connectivity index (χ1v) is 6.74. The Balaban J connectivity index is 2.04. The molecule has 0 aromatic heterocycles. The van der Waals surface area contributed by atoms with Gasteiger partial charge in [0.1, 0.15) is 0 Å². The van der Waals surface area contributed by atoms with Crippen LogP contribution in [0.1, 0.15) is 52.4 Å². The van der Waals surface area contributed by atoms with E-state index in [4.69, 9.17) is 5.73 Å². The van der Waals surface area contributed by atoms with Crippen LogP contribution in [0, 0.1) is 5.92 Å². The summed E-state index contributed by atoms with van der Waals surface area (Å²) >= 11 is 0. The Kier molecular flexibility index (Phi) is 6.26. The van der Waals surface area contributed by atoms with E-state index in [0.717, 1.165) is 12.3 Å². The average molecular weight is 212 g/mol. The first-order valence-electron chi connectivity index (χ1n) is 6.74. The molecule has 0 bridgehead atoms. The quantitative estimate of drug-likeness (QED) is 0.670. The van der Waals surface area contributed by atoms with Crippen LogP contribution in [0.5, 0.6) is 0 Å². The van der Waals surface area contributed by atoms with E-state index in [0.29, 0.717) is 6.04 Å². The molecule has 0 amide bonds. The van der Waals surface area contributed by atoms with E-state index < -0.39 is 0 Å². The normalized spacial score (nSPS) is 19.2. The summed E-state index contributed by atoms with van der Waals surface area (Å²) in [5.41, 5.74) is 5.92. The van der Waals surface area contributed by atoms with E-state index in [9.17, 15) is 0 Å². The van der Waals surface area contributed by atoms with Crippen LogP contribution in [-0.4, -0.2) is 30.6 Å². The fourth-order valence-electron chi connectivity index (χ4n) is 2.20. The fourth-order valence-corrected chi connectivity index (χ4v) is 2.20. The van der Waals surface area contributed by atoms with Gasteiger partial charge in [-0.05, 0) is 51.1 Å². The van der Waals surface area contributed by atoms with Gasteiger partial charge in [-0.15, -0.1) is 0 Å². The molecule has 1 aliphatic carbocycles. The minimum Gasteiger partial charge on any atom is -0.328 e. The molecule has 0 heterocycles. The zero-order chi connectivity index (χ0) is 11.1. The van der Waals surface area contributed by atoms with E-state index in [1.54, 1.807) is 0 Å². The van der Waals surface area contributed by atoms with E-state index in [2.05, 4.69) is 18.7 Å². The Hall–Kier alpha value is -0.0800. The van der Waals surface area contributed by atoms with Crippen molar-refractivity contribution >= 4 is 0 Å². The van der Waals surface area contributed by atoms with Crippen LogP contribution < -0.4 is 5.73 Å². The lowest BCUT2D eigenvalue weighted by atomic mass is 9.85. The van der Waals surface area contributed by atoms with Crippen LogP contribution in [0.15, 0.2) is 0 Å². The molecule has 0 spiro atoms. The lowest BCUT2D eigenvalue weighted by Gasteiger charge is -2.31. The van der Waals surface area contributed by atoms with Gasteiger partial charge < -0.3 is 10.6 Å². The monoisotopic (exact) mass is 212 g/mol. The lowest BCUT2D eigenvalue weighted by molar-refractivity contribution is 0.181. The summed E-state index contributed by atoms with van der Waals surface area (Å²) in [5, 5.41) is 0. The van der Waals surface area contributed by atoms with Crippen molar-refractivity contribution in [1.29, 1.82) is 0 Å². The first kappa shape index (κ1) is 13.0. The number of hydrogen-bond acceptors (Lipinski definition) is 2. The summed E-state index contributed by atoms with van der Waals surface area (Å²) in [4.78, 5) is 2.60. The molecule has 0 aromatic carbocycles. The molecule has 2 heteroatoms. The second-order valence-corrected chi connectivity index (χ2v) is 5.00.